The minimum atomic E-state index is 0.0707. The van der Waals surface area contributed by atoms with Crippen LogP contribution >= 0.6 is 0 Å². The van der Waals surface area contributed by atoms with Gasteiger partial charge in [-0.1, -0.05) is 0 Å². The monoisotopic (exact) mass is 285 g/mol. The molecule has 3 heterocycles. The van der Waals surface area contributed by atoms with Crippen LogP contribution in [0.3, 0.4) is 0 Å². The number of hydrogen-bond acceptors (Lipinski definition) is 5. The number of anilines is 1. The van der Waals surface area contributed by atoms with E-state index in [-0.39, 0.29) is 5.56 Å². The van der Waals surface area contributed by atoms with Crippen molar-refractivity contribution >= 4 is 5.82 Å². The Balaban J connectivity index is 1.61. The summed E-state index contributed by atoms with van der Waals surface area (Å²) in [5.74, 6) is 1.45. The molecule has 1 aliphatic rings. The topological polar surface area (TPSA) is 63.9 Å². The summed E-state index contributed by atoms with van der Waals surface area (Å²) in [6.07, 6.45) is 10.6. The maximum absolute atomic E-state index is 12.0. The Labute approximate surface area is 123 Å². The summed E-state index contributed by atoms with van der Waals surface area (Å²) >= 11 is 0. The van der Waals surface area contributed by atoms with Gasteiger partial charge in [-0.3, -0.25) is 14.3 Å². The third-order valence-electron chi connectivity index (χ3n) is 4.02. The van der Waals surface area contributed by atoms with Gasteiger partial charge in [0.1, 0.15) is 5.82 Å². The highest BCUT2D eigenvalue weighted by atomic mass is 16.1. The zero-order valence-electron chi connectivity index (χ0n) is 12.1. The van der Waals surface area contributed by atoms with Gasteiger partial charge in [-0.2, -0.15) is 0 Å². The third-order valence-corrected chi connectivity index (χ3v) is 4.02. The first-order valence-corrected chi connectivity index (χ1v) is 7.26. The van der Waals surface area contributed by atoms with Crippen LogP contribution in [0.1, 0.15) is 18.4 Å². The number of piperidine rings is 1. The van der Waals surface area contributed by atoms with E-state index in [2.05, 4.69) is 19.9 Å². The molecule has 110 valence electrons. The van der Waals surface area contributed by atoms with Crippen molar-refractivity contribution in [2.24, 2.45) is 5.92 Å². The Morgan fingerprint density at radius 1 is 1.19 bits per heavy atom. The van der Waals surface area contributed by atoms with Gasteiger partial charge in [-0.05, 0) is 25.7 Å². The van der Waals surface area contributed by atoms with Gasteiger partial charge < -0.3 is 4.90 Å². The van der Waals surface area contributed by atoms with E-state index in [1.54, 1.807) is 35.7 Å². The minimum absolute atomic E-state index is 0.0707. The molecule has 0 aromatic carbocycles. The van der Waals surface area contributed by atoms with E-state index in [1.165, 1.54) is 0 Å². The SMILES string of the molecule is Cc1cncn(CC2CCN(c3cnccn3)CC2)c1=O. The van der Waals surface area contributed by atoms with Crippen LogP contribution in [-0.4, -0.2) is 32.6 Å². The summed E-state index contributed by atoms with van der Waals surface area (Å²) in [7, 11) is 0. The zero-order chi connectivity index (χ0) is 14.7. The van der Waals surface area contributed by atoms with Crippen molar-refractivity contribution in [1.82, 2.24) is 19.5 Å². The fraction of sp³-hybridized carbons (Fsp3) is 0.467. The number of aryl methyl sites for hydroxylation is 1. The number of rotatable bonds is 3. The summed E-state index contributed by atoms with van der Waals surface area (Å²) < 4.78 is 1.73. The first-order chi connectivity index (χ1) is 10.2. The zero-order valence-corrected chi connectivity index (χ0v) is 12.1. The molecule has 1 aliphatic heterocycles. The van der Waals surface area contributed by atoms with Crippen molar-refractivity contribution in [3.63, 3.8) is 0 Å². The summed E-state index contributed by atoms with van der Waals surface area (Å²) in [5.41, 5.74) is 0.774. The first kappa shape index (κ1) is 13.7. The van der Waals surface area contributed by atoms with E-state index in [4.69, 9.17) is 0 Å². The molecule has 1 saturated heterocycles. The van der Waals surface area contributed by atoms with Gasteiger partial charge in [0.25, 0.3) is 5.56 Å². The molecule has 6 nitrogen and oxygen atoms in total. The predicted molar refractivity (Wildman–Crippen MR) is 80.2 cm³/mol. The van der Waals surface area contributed by atoms with E-state index in [1.807, 2.05) is 6.92 Å². The van der Waals surface area contributed by atoms with Crippen LogP contribution in [0, 0.1) is 12.8 Å². The summed E-state index contributed by atoms with van der Waals surface area (Å²) in [5, 5.41) is 0. The molecule has 3 rings (SSSR count). The lowest BCUT2D eigenvalue weighted by Crippen LogP contribution is -2.37. The molecular formula is C15H19N5O. The lowest BCUT2D eigenvalue weighted by Gasteiger charge is -2.32. The van der Waals surface area contributed by atoms with Crippen LogP contribution < -0.4 is 10.5 Å². The molecule has 2 aromatic rings. The number of hydrogen-bond donors (Lipinski definition) is 0. The summed E-state index contributed by atoms with van der Waals surface area (Å²) in [6, 6.07) is 0. The van der Waals surface area contributed by atoms with Crippen molar-refractivity contribution < 1.29 is 0 Å². The molecule has 0 atom stereocenters. The molecule has 0 aliphatic carbocycles. The summed E-state index contributed by atoms with van der Waals surface area (Å²) in [4.78, 5) is 26.8. The quantitative estimate of drug-likeness (QED) is 0.849. The molecule has 0 amide bonds. The average molecular weight is 285 g/mol. The van der Waals surface area contributed by atoms with Crippen LogP contribution in [0.2, 0.25) is 0 Å². The van der Waals surface area contributed by atoms with E-state index < -0.39 is 0 Å². The molecule has 1 fully saturated rings. The first-order valence-electron chi connectivity index (χ1n) is 7.26. The summed E-state index contributed by atoms with van der Waals surface area (Å²) in [6.45, 7) is 4.47. The Hall–Kier alpha value is -2.24. The van der Waals surface area contributed by atoms with E-state index in [0.29, 0.717) is 11.5 Å². The van der Waals surface area contributed by atoms with Crippen molar-refractivity contribution in [1.29, 1.82) is 0 Å². The van der Waals surface area contributed by atoms with Crippen molar-refractivity contribution in [3.05, 3.63) is 47.0 Å². The Kier molecular flexibility index (Phi) is 3.94. The molecule has 0 bridgehead atoms. The standard InChI is InChI=1S/C15H19N5O/c1-12-8-17-11-20(15(12)21)10-13-2-6-19(7-3-13)14-9-16-4-5-18-14/h4-5,8-9,11,13H,2-3,6-7,10H2,1H3. The van der Waals surface area contributed by atoms with Gasteiger partial charge >= 0.3 is 0 Å². The van der Waals surface area contributed by atoms with Crippen LogP contribution in [0.5, 0.6) is 0 Å². The molecule has 6 heteroatoms. The maximum Gasteiger partial charge on any atom is 0.256 e. The van der Waals surface area contributed by atoms with Gasteiger partial charge in [0.2, 0.25) is 0 Å². The van der Waals surface area contributed by atoms with Crippen molar-refractivity contribution in [2.75, 3.05) is 18.0 Å². The normalized spacial score (nSPS) is 16.1. The molecule has 0 spiro atoms. The average Bonchev–Trinajstić information content (AvgIpc) is 2.53. The molecule has 0 N–H and O–H groups in total. The fourth-order valence-electron chi connectivity index (χ4n) is 2.77. The molecule has 0 unspecified atom stereocenters. The highest BCUT2D eigenvalue weighted by Gasteiger charge is 2.21. The number of aromatic nitrogens is 4. The predicted octanol–water partition coefficient (Wildman–Crippen LogP) is 1.26. The van der Waals surface area contributed by atoms with Crippen molar-refractivity contribution in [2.45, 2.75) is 26.3 Å². The van der Waals surface area contributed by atoms with Gasteiger partial charge in [0.05, 0.1) is 12.5 Å². The molecule has 0 radical (unpaired) electrons. The third kappa shape index (κ3) is 3.09. The minimum Gasteiger partial charge on any atom is -0.355 e. The van der Waals surface area contributed by atoms with Crippen molar-refractivity contribution in [3.8, 4) is 0 Å². The van der Waals surface area contributed by atoms with Crippen LogP contribution in [0.4, 0.5) is 5.82 Å². The van der Waals surface area contributed by atoms with E-state index in [0.717, 1.165) is 38.3 Å². The largest absolute Gasteiger partial charge is 0.355 e. The van der Waals surface area contributed by atoms with E-state index >= 15 is 0 Å². The second kappa shape index (κ2) is 6.03. The van der Waals surface area contributed by atoms with Gasteiger partial charge in [0.15, 0.2) is 0 Å². The second-order valence-electron chi connectivity index (χ2n) is 5.53. The lowest BCUT2D eigenvalue weighted by atomic mass is 9.96. The number of nitrogens with zero attached hydrogens (tertiary/aromatic N) is 5. The van der Waals surface area contributed by atoms with Gasteiger partial charge in [-0.15, -0.1) is 0 Å². The highest BCUT2D eigenvalue weighted by Crippen LogP contribution is 2.21. The van der Waals surface area contributed by atoms with Crippen LogP contribution in [0.15, 0.2) is 35.9 Å². The molecule has 21 heavy (non-hydrogen) atoms. The molecule has 0 saturated carbocycles. The van der Waals surface area contributed by atoms with Crippen LogP contribution in [0.25, 0.3) is 0 Å². The van der Waals surface area contributed by atoms with Crippen LogP contribution in [-0.2, 0) is 6.54 Å². The van der Waals surface area contributed by atoms with E-state index in [9.17, 15) is 4.79 Å². The highest BCUT2D eigenvalue weighted by molar-refractivity contribution is 5.35. The molecule has 2 aromatic heterocycles. The van der Waals surface area contributed by atoms with Gasteiger partial charge in [0, 0.05) is 43.8 Å². The van der Waals surface area contributed by atoms with Gasteiger partial charge in [-0.25, -0.2) is 9.97 Å². The second-order valence-corrected chi connectivity index (χ2v) is 5.53. The maximum atomic E-state index is 12.0. The Morgan fingerprint density at radius 3 is 2.71 bits per heavy atom. The fourth-order valence-corrected chi connectivity index (χ4v) is 2.77. The lowest BCUT2D eigenvalue weighted by molar-refractivity contribution is 0.349. The Morgan fingerprint density at radius 2 is 2.00 bits per heavy atom. The molecular weight excluding hydrogens is 266 g/mol. The smallest absolute Gasteiger partial charge is 0.256 e. The Bertz CT molecular complexity index is 647.